The van der Waals surface area contributed by atoms with Crippen molar-refractivity contribution in [3.63, 3.8) is 0 Å². The molecule has 0 spiro atoms. The highest BCUT2D eigenvalue weighted by molar-refractivity contribution is 7.92. The van der Waals surface area contributed by atoms with Gasteiger partial charge in [-0.15, -0.1) is 0 Å². The Hall–Kier alpha value is -1.69. The van der Waals surface area contributed by atoms with Gasteiger partial charge in [-0.1, -0.05) is 20.8 Å². The number of benzene rings is 1. The van der Waals surface area contributed by atoms with E-state index >= 15 is 0 Å². The molecule has 2 rings (SSSR count). The molecule has 0 bridgehead atoms. The first-order valence-electron chi connectivity index (χ1n) is 9.86. The van der Waals surface area contributed by atoms with Crippen LogP contribution in [0.5, 0.6) is 5.75 Å². The topological polar surface area (TPSA) is 116 Å². The molecule has 1 unspecified atom stereocenters. The van der Waals surface area contributed by atoms with Gasteiger partial charge in [-0.05, 0) is 42.5 Å². The fraction of sp³-hybridized carbons (Fsp3) is 0.650. The van der Waals surface area contributed by atoms with Crippen molar-refractivity contribution in [2.24, 2.45) is 5.41 Å². The number of aryl methyl sites for hydroxylation is 2. The normalized spacial score (nSPS) is 19.7. The van der Waals surface area contributed by atoms with Crippen LogP contribution in [0.1, 0.15) is 38.3 Å². The van der Waals surface area contributed by atoms with Gasteiger partial charge in [0.1, 0.15) is 12.4 Å². The number of hydrogen-bond acceptors (Lipinski definition) is 8. The van der Waals surface area contributed by atoms with Crippen LogP contribution in [0.25, 0.3) is 0 Å². The summed E-state index contributed by atoms with van der Waals surface area (Å²) in [5.41, 5.74) is 0.663. The molecule has 1 aliphatic heterocycles. The molecular formula is C20H31NO8S2. The Morgan fingerprint density at radius 1 is 1.19 bits per heavy atom. The molecule has 0 radical (unpaired) electrons. The van der Waals surface area contributed by atoms with E-state index in [-0.39, 0.29) is 35.6 Å². The fourth-order valence-corrected chi connectivity index (χ4v) is 7.25. The number of rotatable bonds is 7. The van der Waals surface area contributed by atoms with Crippen molar-refractivity contribution in [1.29, 1.82) is 0 Å². The van der Waals surface area contributed by atoms with Crippen LogP contribution in [0, 0.1) is 19.3 Å². The number of carbonyl (C=O) groups excluding carboxylic acids is 1. The van der Waals surface area contributed by atoms with Gasteiger partial charge in [0.05, 0.1) is 36.0 Å². The SMILES string of the molecule is COc1cc(C)c(S(=O)(=O)N2CCS(=O)(=O)CC2COOC(=O)CC(C)(C)C)c(C)c1. The number of ether oxygens (including phenoxy) is 1. The van der Waals surface area contributed by atoms with Crippen molar-refractivity contribution in [3.8, 4) is 5.75 Å². The summed E-state index contributed by atoms with van der Waals surface area (Å²) in [6, 6.07) is 2.20. The molecule has 1 aliphatic rings. The molecule has 0 aromatic heterocycles. The zero-order valence-corrected chi connectivity index (χ0v) is 20.4. The molecule has 9 nitrogen and oxygen atoms in total. The summed E-state index contributed by atoms with van der Waals surface area (Å²) in [7, 11) is -6.01. The first kappa shape index (κ1) is 25.6. The highest BCUT2D eigenvalue weighted by Gasteiger charge is 2.40. The molecule has 176 valence electrons. The monoisotopic (exact) mass is 477 g/mol. The minimum Gasteiger partial charge on any atom is -0.497 e. The fourth-order valence-electron chi connectivity index (χ4n) is 3.51. The summed E-state index contributed by atoms with van der Waals surface area (Å²) in [5, 5.41) is 0. The number of sulfone groups is 1. The highest BCUT2D eigenvalue weighted by Crippen LogP contribution is 2.30. The number of nitrogens with zero attached hydrogens (tertiary/aromatic N) is 1. The standard InChI is InChI=1S/C20H31NO8S2/c1-14-9-17(27-6)10-15(2)19(14)31(25,26)21-7-8-30(23,24)13-16(21)12-28-29-18(22)11-20(3,4)5/h9-10,16H,7-8,11-13H2,1-6H3. The maximum absolute atomic E-state index is 13.5. The van der Waals surface area contributed by atoms with E-state index in [2.05, 4.69) is 0 Å². The van der Waals surface area contributed by atoms with Crippen LogP contribution < -0.4 is 4.74 Å². The number of methoxy groups -OCH3 is 1. The van der Waals surface area contributed by atoms with Gasteiger partial charge in [0.15, 0.2) is 9.84 Å². The zero-order valence-electron chi connectivity index (χ0n) is 18.8. The summed E-state index contributed by atoms with van der Waals surface area (Å²) in [6.45, 7) is 8.29. The summed E-state index contributed by atoms with van der Waals surface area (Å²) >= 11 is 0. The Labute approximate surface area is 184 Å². The minimum absolute atomic E-state index is 0.0994. The van der Waals surface area contributed by atoms with Gasteiger partial charge in [0, 0.05) is 6.54 Å². The molecule has 1 saturated heterocycles. The largest absolute Gasteiger partial charge is 0.497 e. The number of hydrogen-bond donors (Lipinski definition) is 0. The molecule has 31 heavy (non-hydrogen) atoms. The summed E-state index contributed by atoms with van der Waals surface area (Å²) in [5.74, 6) is -0.791. The first-order valence-corrected chi connectivity index (χ1v) is 13.1. The maximum Gasteiger partial charge on any atom is 0.342 e. The van der Waals surface area contributed by atoms with Crippen LogP contribution in [0.3, 0.4) is 0 Å². The van der Waals surface area contributed by atoms with E-state index in [1.807, 2.05) is 20.8 Å². The number of carbonyl (C=O) groups is 1. The quantitative estimate of drug-likeness (QED) is 0.433. The molecular weight excluding hydrogens is 446 g/mol. The smallest absolute Gasteiger partial charge is 0.342 e. The second-order valence-corrected chi connectivity index (χ2v) is 13.0. The lowest BCUT2D eigenvalue weighted by Gasteiger charge is -2.34. The second kappa shape index (κ2) is 9.43. The summed E-state index contributed by atoms with van der Waals surface area (Å²) in [4.78, 5) is 21.7. The predicted molar refractivity (Wildman–Crippen MR) is 115 cm³/mol. The molecule has 1 atom stereocenters. The van der Waals surface area contributed by atoms with Crippen molar-refractivity contribution >= 4 is 25.8 Å². The van der Waals surface area contributed by atoms with E-state index < -0.39 is 37.6 Å². The van der Waals surface area contributed by atoms with E-state index in [0.29, 0.717) is 16.9 Å². The third-order valence-electron chi connectivity index (χ3n) is 4.80. The molecule has 1 heterocycles. The van der Waals surface area contributed by atoms with Gasteiger partial charge in [0.25, 0.3) is 0 Å². The molecule has 0 saturated carbocycles. The van der Waals surface area contributed by atoms with Crippen molar-refractivity contribution in [2.75, 3.05) is 31.8 Å². The lowest BCUT2D eigenvalue weighted by atomic mass is 9.93. The number of sulfonamides is 1. The van der Waals surface area contributed by atoms with Crippen LogP contribution in [0.2, 0.25) is 0 Å². The van der Waals surface area contributed by atoms with Gasteiger partial charge >= 0.3 is 5.97 Å². The molecule has 1 aromatic carbocycles. The van der Waals surface area contributed by atoms with Gasteiger partial charge < -0.3 is 4.74 Å². The Kier molecular flexibility index (Phi) is 7.78. The van der Waals surface area contributed by atoms with Crippen LogP contribution in [0.4, 0.5) is 0 Å². The Balaban J connectivity index is 2.27. The van der Waals surface area contributed by atoms with Crippen molar-refractivity contribution < 1.29 is 36.1 Å². The average Bonchev–Trinajstić information content (AvgIpc) is 2.58. The minimum atomic E-state index is -4.03. The molecule has 1 fully saturated rings. The lowest BCUT2D eigenvalue weighted by Crippen LogP contribution is -2.53. The summed E-state index contributed by atoms with van der Waals surface area (Å²) < 4.78 is 57.6. The van der Waals surface area contributed by atoms with Crippen molar-refractivity contribution in [1.82, 2.24) is 4.31 Å². The Morgan fingerprint density at radius 2 is 1.77 bits per heavy atom. The molecule has 11 heteroatoms. The average molecular weight is 478 g/mol. The van der Waals surface area contributed by atoms with Crippen LogP contribution in [0.15, 0.2) is 17.0 Å². The van der Waals surface area contributed by atoms with E-state index in [1.165, 1.54) is 7.11 Å². The van der Waals surface area contributed by atoms with E-state index in [0.717, 1.165) is 4.31 Å². The Morgan fingerprint density at radius 3 is 2.29 bits per heavy atom. The van der Waals surface area contributed by atoms with E-state index in [9.17, 15) is 21.6 Å². The molecule has 0 aliphatic carbocycles. The van der Waals surface area contributed by atoms with Crippen LogP contribution >= 0.6 is 0 Å². The van der Waals surface area contributed by atoms with Gasteiger partial charge in [0.2, 0.25) is 10.0 Å². The molecule has 0 amide bonds. The van der Waals surface area contributed by atoms with E-state index in [4.69, 9.17) is 14.5 Å². The lowest BCUT2D eigenvalue weighted by molar-refractivity contribution is -0.277. The predicted octanol–water partition coefficient (Wildman–Crippen LogP) is 2.01. The summed E-state index contributed by atoms with van der Waals surface area (Å²) in [6.07, 6.45) is 0.0994. The second-order valence-electron chi connectivity index (χ2n) is 8.95. The van der Waals surface area contributed by atoms with Gasteiger partial charge in [-0.2, -0.15) is 9.19 Å². The highest BCUT2D eigenvalue weighted by atomic mass is 32.2. The molecule has 0 N–H and O–H groups in total. The van der Waals surface area contributed by atoms with Gasteiger partial charge in [-0.3, -0.25) is 4.89 Å². The molecule has 1 aromatic rings. The van der Waals surface area contributed by atoms with Crippen molar-refractivity contribution in [2.45, 2.75) is 52.0 Å². The Bertz CT molecular complexity index is 1000. The zero-order chi connectivity index (χ0) is 23.6. The third kappa shape index (κ3) is 6.64. The van der Waals surface area contributed by atoms with E-state index in [1.54, 1.807) is 26.0 Å². The first-order chi connectivity index (χ1) is 14.2. The third-order valence-corrected chi connectivity index (χ3v) is 8.75. The maximum atomic E-state index is 13.5. The van der Waals surface area contributed by atoms with Crippen molar-refractivity contribution in [3.05, 3.63) is 23.3 Å². The van der Waals surface area contributed by atoms with Gasteiger partial charge in [-0.25, -0.2) is 21.6 Å². The van der Waals surface area contributed by atoms with Crippen LogP contribution in [-0.4, -0.2) is 64.9 Å². The van der Waals surface area contributed by atoms with Crippen LogP contribution in [-0.2, 0) is 34.4 Å².